The zero-order chi connectivity index (χ0) is 26.8. The Morgan fingerprint density at radius 3 is 1.97 bits per heavy atom. The summed E-state index contributed by atoms with van der Waals surface area (Å²) in [6.45, 7) is 1.22. The summed E-state index contributed by atoms with van der Waals surface area (Å²) in [5.74, 6) is -1.38. The van der Waals surface area contributed by atoms with Gasteiger partial charge in [0.2, 0.25) is 0 Å². The van der Waals surface area contributed by atoms with Gasteiger partial charge in [-0.3, -0.25) is 4.79 Å². The standard InChI is InChI=1S/C15H10F6O.C10H18O4/c16-13(14(17,18)19)15(20,21)22-12-8-6-11(7-9-12)10-4-2-1-3-5-10;1-13-6-7-14-9-4-2-8(3-5-9)10(11)12/h1-9,13H;8-9H,2-7H2,1H3,(H,11,12). The molecule has 1 aliphatic rings. The molecule has 0 aromatic heterocycles. The van der Waals surface area contributed by atoms with Gasteiger partial charge >= 0.3 is 18.3 Å². The fourth-order valence-corrected chi connectivity index (χ4v) is 3.52. The molecular formula is C25H28F6O5. The summed E-state index contributed by atoms with van der Waals surface area (Å²) in [6.07, 6.45) is -11.6. The lowest BCUT2D eigenvalue weighted by Crippen LogP contribution is -2.45. The van der Waals surface area contributed by atoms with Crippen molar-refractivity contribution in [1.82, 2.24) is 0 Å². The first-order valence-corrected chi connectivity index (χ1v) is 11.2. The smallest absolute Gasteiger partial charge is 0.439 e. The van der Waals surface area contributed by atoms with Crippen molar-refractivity contribution in [2.75, 3.05) is 20.3 Å². The molecule has 0 spiro atoms. The number of methoxy groups -OCH3 is 1. The second-order valence-corrected chi connectivity index (χ2v) is 8.13. The molecule has 1 unspecified atom stereocenters. The van der Waals surface area contributed by atoms with Crippen LogP contribution in [0.2, 0.25) is 0 Å². The Hall–Kier alpha value is -2.79. The topological polar surface area (TPSA) is 65.0 Å². The van der Waals surface area contributed by atoms with Crippen molar-refractivity contribution in [1.29, 1.82) is 0 Å². The average molecular weight is 522 g/mol. The van der Waals surface area contributed by atoms with Crippen molar-refractivity contribution in [2.24, 2.45) is 5.92 Å². The van der Waals surface area contributed by atoms with Crippen LogP contribution < -0.4 is 4.74 Å². The Bertz CT molecular complexity index is 913. The highest BCUT2D eigenvalue weighted by Gasteiger charge is 2.59. The van der Waals surface area contributed by atoms with Gasteiger partial charge in [0.05, 0.1) is 25.2 Å². The number of carboxylic acids is 1. The molecular weight excluding hydrogens is 494 g/mol. The van der Waals surface area contributed by atoms with E-state index in [4.69, 9.17) is 14.6 Å². The number of hydrogen-bond donors (Lipinski definition) is 1. The van der Waals surface area contributed by atoms with E-state index in [1.165, 1.54) is 12.1 Å². The maximum Gasteiger partial charge on any atom is 0.439 e. The molecule has 1 fully saturated rings. The number of carboxylic acid groups (broad SMARTS) is 1. The summed E-state index contributed by atoms with van der Waals surface area (Å²) in [7, 11) is 1.64. The number of carbonyl (C=O) groups is 1. The quantitative estimate of drug-likeness (QED) is 0.300. The third kappa shape index (κ3) is 9.34. The van der Waals surface area contributed by atoms with Crippen LogP contribution in [0.3, 0.4) is 0 Å². The van der Waals surface area contributed by atoms with Crippen molar-refractivity contribution in [3.05, 3.63) is 54.6 Å². The predicted octanol–water partition coefficient (Wildman–Crippen LogP) is 6.52. The van der Waals surface area contributed by atoms with Crippen LogP contribution in [0.4, 0.5) is 26.3 Å². The van der Waals surface area contributed by atoms with Crippen molar-refractivity contribution in [3.63, 3.8) is 0 Å². The first-order chi connectivity index (χ1) is 16.9. The van der Waals surface area contributed by atoms with Crippen LogP contribution in [0, 0.1) is 5.92 Å². The summed E-state index contributed by atoms with van der Waals surface area (Å²) in [4.78, 5) is 10.7. The molecule has 2 aromatic carbocycles. The minimum Gasteiger partial charge on any atom is -0.481 e. The maximum atomic E-state index is 13.1. The Kier molecular flexibility index (Phi) is 11.0. The zero-order valence-corrected chi connectivity index (χ0v) is 19.5. The van der Waals surface area contributed by atoms with Gasteiger partial charge in [-0.1, -0.05) is 42.5 Å². The molecule has 0 aliphatic heterocycles. The molecule has 3 rings (SSSR count). The molecule has 1 atom stereocenters. The molecule has 0 amide bonds. The van der Waals surface area contributed by atoms with Crippen LogP contribution in [0.1, 0.15) is 25.7 Å². The van der Waals surface area contributed by atoms with Crippen LogP contribution in [-0.4, -0.2) is 56.0 Å². The van der Waals surface area contributed by atoms with Crippen molar-refractivity contribution >= 4 is 5.97 Å². The third-order valence-corrected chi connectivity index (χ3v) is 5.46. The second kappa shape index (κ2) is 13.5. The summed E-state index contributed by atoms with van der Waals surface area (Å²) < 4.78 is 89.2. The van der Waals surface area contributed by atoms with Crippen molar-refractivity contribution < 1.29 is 50.5 Å². The Morgan fingerprint density at radius 2 is 1.47 bits per heavy atom. The van der Waals surface area contributed by atoms with Crippen molar-refractivity contribution in [3.8, 4) is 16.9 Å². The lowest BCUT2D eigenvalue weighted by atomic mass is 9.87. The molecule has 0 bridgehead atoms. The fraction of sp³-hybridized carbons (Fsp3) is 0.480. The minimum absolute atomic E-state index is 0.155. The van der Waals surface area contributed by atoms with Gasteiger partial charge < -0.3 is 19.3 Å². The summed E-state index contributed by atoms with van der Waals surface area (Å²) in [5, 5.41) is 8.78. The highest BCUT2D eigenvalue weighted by atomic mass is 19.4. The highest BCUT2D eigenvalue weighted by molar-refractivity contribution is 5.70. The molecule has 200 valence electrons. The van der Waals surface area contributed by atoms with Gasteiger partial charge in [-0.05, 0) is 48.9 Å². The predicted molar refractivity (Wildman–Crippen MR) is 120 cm³/mol. The average Bonchev–Trinajstić information content (AvgIpc) is 2.85. The molecule has 5 nitrogen and oxygen atoms in total. The third-order valence-electron chi connectivity index (χ3n) is 5.46. The zero-order valence-electron chi connectivity index (χ0n) is 19.5. The van der Waals surface area contributed by atoms with Crippen LogP contribution in [0.15, 0.2) is 54.6 Å². The number of ether oxygens (including phenoxy) is 3. The first kappa shape index (κ1) is 29.4. The molecule has 1 N–H and O–H groups in total. The van der Waals surface area contributed by atoms with E-state index in [1.54, 1.807) is 37.4 Å². The van der Waals surface area contributed by atoms with Gasteiger partial charge in [-0.2, -0.15) is 22.0 Å². The normalized spacial score (nSPS) is 19.1. The van der Waals surface area contributed by atoms with Crippen LogP contribution in [-0.2, 0) is 14.3 Å². The van der Waals surface area contributed by atoms with Crippen LogP contribution >= 0.6 is 0 Å². The second-order valence-electron chi connectivity index (χ2n) is 8.13. The van der Waals surface area contributed by atoms with E-state index in [1.807, 2.05) is 0 Å². The number of aliphatic carboxylic acids is 1. The highest BCUT2D eigenvalue weighted by Crippen LogP contribution is 2.37. The molecule has 0 radical (unpaired) electrons. The SMILES string of the molecule is COCCOC1CCC(C(=O)O)CC1.FC(C(F)(F)F)C(F)(F)Oc1ccc(-c2ccccc2)cc1. The molecule has 0 saturated heterocycles. The van der Waals surface area contributed by atoms with E-state index in [0.717, 1.165) is 43.4 Å². The fourth-order valence-electron chi connectivity index (χ4n) is 3.52. The van der Waals surface area contributed by atoms with E-state index in [9.17, 15) is 31.1 Å². The van der Waals surface area contributed by atoms with E-state index < -0.39 is 30.2 Å². The van der Waals surface area contributed by atoms with E-state index in [0.29, 0.717) is 18.8 Å². The van der Waals surface area contributed by atoms with Gasteiger partial charge in [0.25, 0.3) is 6.17 Å². The Morgan fingerprint density at radius 1 is 0.917 bits per heavy atom. The van der Waals surface area contributed by atoms with E-state index in [2.05, 4.69) is 4.74 Å². The minimum atomic E-state index is -5.70. The van der Waals surface area contributed by atoms with Gasteiger partial charge in [0.1, 0.15) is 5.75 Å². The molecule has 1 aliphatic carbocycles. The largest absolute Gasteiger partial charge is 0.481 e. The number of benzene rings is 2. The Labute approximate surface area is 205 Å². The summed E-state index contributed by atoms with van der Waals surface area (Å²) in [5.41, 5.74) is 1.45. The summed E-state index contributed by atoms with van der Waals surface area (Å²) >= 11 is 0. The lowest BCUT2D eigenvalue weighted by molar-refractivity contribution is -0.304. The van der Waals surface area contributed by atoms with E-state index >= 15 is 0 Å². The van der Waals surface area contributed by atoms with Crippen molar-refractivity contribution in [2.45, 2.75) is 50.2 Å². The molecule has 1 saturated carbocycles. The van der Waals surface area contributed by atoms with Crippen LogP contribution in [0.25, 0.3) is 11.1 Å². The molecule has 11 heteroatoms. The van der Waals surface area contributed by atoms with Gasteiger partial charge in [0, 0.05) is 7.11 Å². The monoisotopic (exact) mass is 522 g/mol. The number of hydrogen-bond acceptors (Lipinski definition) is 4. The first-order valence-electron chi connectivity index (χ1n) is 11.2. The Balaban J connectivity index is 0.000000281. The molecule has 36 heavy (non-hydrogen) atoms. The van der Waals surface area contributed by atoms with Gasteiger partial charge in [-0.15, -0.1) is 0 Å². The lowest BCUT2D eigenvalue weighted by Gasteiger charge is -2.26. The maximum absolute atomic E-state index is 13.1. The number of halogens is 6. The summed E-state index contributed by atoms with van der Waals surface area (Å²) in [6, 6.07) is 13.8. The number of alkyl halides is 6. The van der Waals surface area contributed by atoms with E-state index in [-0.39, 0.29) is 12.0 Å². The molecule has 0 heterocycles. The van der Waals surface area contributed by atoms with Crippen LogP contribution in [0.5, 0.6) is 5.75 Å². The van der Waals surface area contributed by atoms with Gasteiger partial charge in [0.15, 0.2) is 0 Å². The van der Waals surface area contributed by atoms with Gasteiger partial charge in [-0.25, -0.2) is 4.39 Å². The molecule has 2 aromatic rings. The number of rotatable bonds is 9.